The summed E-state index contributed by atoms with van der Waals surface area (Å²) in [6, 6.07) is 10.5. The number of rotatable bonds is 3. The highest BCUT2D eigenvalue weighted by atomic mass is 35.5. The van der Waals surface area contributed by atoms with Crippen LogP contribution in [0.1, 0.15) is 29.4 Å². The van der Waals surface area contributed by atoms with Crippen LogP contribution in [-0.4, -0.2) is 29.5 Å². The predicted octanol–water partition coefficient (Wildman–Crippen LogP) is 3.52. The lowest BCUT2D eigenvalue weighted by atomic mass is 10.00. The molecule has 2 atom stereocenters. The number of nitrogens with zero attached hydrogens (tertiary/aromatic N) is 1. The molecule has 2 aromatic rings. The van der Waals surface area contributed by atoms with Crippen LogP contribution in [-0.2, 0) is 0 Å². The van der Waals surface area contributed by atoms with E-state index in [-0.39, 0.29) is 36.8 Å². The maximum absolute atomic E-state index is 12.3. The SMILES string of the molecule is CC1NCCCC1NC(=O)c1cnc(-c2ccccc2)s1.Cl.Cl. The van der Waals surface area contributed by atoms with Gasteiger partial charge in [-0.25, -0.2) is 4.98 Å². The molecule has 1 aliphatic rings. The van der Waals surface area contributed by atoms with Gasteiger partial charge in [-0.15, -0.1) is 36.2 Å². The van der Waals surface area contributed by atoms with Crippen LogP contribution in [0.25, 0.3) is 10.6 Å². The number of nitrogens with one attached hydrogen (secondary N) is 2. The quantitative estimate of drug-likeness (QED) is 0.864. The van der Waals surface area contributed by atoms with Crippen LogP contribution in [0.5, 0.6) is 0 Å². The summed E-state index contributed by atoms with van der Waals surface area (Å²) >= 11 is 1.44. The number of hydrogen-bond acceptors (Lipinski definition) is 4. The zero-order valence-corrected chi connectivity index (χ0v) is 15.3. The number of benzene rings is 1. The van der Waals surface area contributed by atoms with Crippen LogP contribution in [0, 0.1) is 0 Å². The zero-order chi connectivity index (χ0) is 14.7. The Balaban J connectivity index is 0.00000132. The molecule has 0 saturated carbocycles. The van der Waals surface area contributed by atoms with Gasteiger partial charge < -0.3 is 10.6 Å². The number of hydrogen-bond donors (Lipinski definition) is 2. The van der Waals surface area contributed by atoms with Gasteiger partial charge in [-0.1, -0.05) is 30.3 Å². The van der Waals surface area contributed by atoms with Gasteiger partial charge in [0.05, 0.1) is 6.20 Å². The summed E-state index contributed by atoms with van der Waals surface area (Å²) in [6.45, 7) is 3.15. The first-order valence-corrected chi connectivity index (χ1v) is 8.11. The van der Waals surface area contributed by atoms with Gasteiger partial charge in [0.15, 0.2) is 0 Å². The second kappa shape index (κ2) is 9.23. The fourth-order valence-corrected chi connectivity index (χ4v) is 3.40. The highest BCUT2D eigenvalue weighted by molar-refractivity contribution is 7.16. The van der Waals surface area contributed by atoms with Crippen LogP contribution in [0.3, 0.4) is 0 Å². The Morgan fingerprint density at radius 3 is 2.74 bits per heavy atom. The standard InChI is InChI=1S/C16H19N3OS.2ClH/c1-11-13(8-5-9-17-11)19-15(20)14-10-18-16(21-14)12-6-3-2-4-7-12;;/h2-4,6-7,10-11,13,17H,5,8-9H2,1H3,(H,19,20);2*1H. The molecule has 2 unspecified atom stereocenters. The van der Waals surface area contributed by atoms with Crippen molar-refractivity contribution in [1.82, 2.24) is 15.6 Å². The highest BCUT2D eigenvalue weighted by Gasteiger charge is 2.23. The van der Waals surface area contributed by atoms with Crippen molar-refractivity contribution in [1.29, 1.82) is 0 Å². The molecule has 4 nitrogen and oxygen atoms in total. The zero-order valence-electron chi connectivity index (χ0n) is 12.8. The van der Waals surface area contributed by atoms with E-state index in [9.17, 15) is 4.79 Å². The summed E-state index contributed by atoms with van der Waals surface area (Å²) in [5, 5.41) is 7.40. The highest BCUT2D eigenvalue weighted by Crippen LogP contribution is 2.25. The third-order valence-corrected chi connectivity index (χ3v) is 4.87. The van der Waals surface area contributed by atoms with Gasteiger partial charge in [0.25, 0.3) is 5.91 Å². The third-order valence-electron chi connectivity index (χ3n) is 3.83. The van der Waals surface area contributed by atoms with E-state index in [1.54, 1.807) is 6.20 Å². The van der Waals surface area contributed by atoms with Gasteiger partial charge in [0.2, 0.25) is 0 Å². The summed E-state index contributed by atoms with van der Waals surface area (Å²) in [6.07, 6.45) is 3.81. The van der Waals surface area contributed by atoms with E-state index in [1.807, 2.05) is 30.3 Å². The Morgan fingerprint density at radius 2 is 2.04 bits per heavy atom. The molecule has 2 heterocycles. The van der Waals surface area contributed by atoms with E-state index in [0.29, 0.717) is 10.9 Å². The fourth-order valence-electron chi connectivity index (χ4n) is 2.57. The Hall–Kier alpha value is -1.14. The first-order chi connectivity index (χ1) is 10.2. The van der Waals surface area contributed by atoms with E-state index in [0.717, 1.165) is 30.0 Å². The molecule has 1 fully saturated rings. The van der Waals surface area contributed by atoms with E-state index in [4.69, 9.17) is 0 Å². The van der Waals surface area contributed by atoms with Gasteiger partial charge in [0, 0.05) is 17.6 Å². The van der Waals surface area contributed by atoms with Gasteiger partial charge in [0.1, 0.15) is 9.88 Å². The van der Waals surface area contributed by atoms with E-state index < -0.39 is 0 Å². The monoisotopic (exact) mass is 373 g/mol. The van der Waals surface area contributed by atoms with E-state index in [2.05, 4.69) is 22.5 Å². The van der Waals surface area contributed by atoms with Crippen LogP contribution in [0.4, 0.5) is 0 Å². The number of aromatic nitrogens is 1. The number of piperidine rings is 1. The largest absolute Gasteiger partial charge is 0.347 e. The minimum atomic E-state index is -0.0183. The molecule has 2 N–H and O–H groups in total. The molecule has 0 bridgehead atoms. The summed E-state index contributed by atoms with van der Waals surface area (Å²) in [7, 11) is 0. The average Bonchev–Trinajstić information content (AvgIpc) is 3.00. The third kappa shape index (κ3) is 4.91. The van der Waals surface area contributed by atoms with Crippen molar-refractivity contribution in [2.45, 2.75) is 31.8 Å². The minimum absolute atomic E-state index is 0. The summed E-state index contributed by atoms with van der Waals surface area (Å²) in [4.78, 5) is 17.4. The smallest absolute Gasteiger partial charge is 0.263 e. The van der Waals surface area contributed by atoms with Gasteiger partial charge in [-0.2, -0.15) is 0 Å². The molecule has 126 valence electrons. The maximum Gasteiger partial charge on any atom is 0.263 e. The Kier molecular flexibility index (Phi) is 7.99. The minimum Gasteiger partial charge on any atom is -0.347 e. The topological polar surface area (TPSA) is 54.0 Å². The average molecular weight is 374 g/mol. The van der Waals surface area contributed by atoms with E-state index >= 15 is 0 Å². The van der Waals surface area contributed by atoms with Crippen LogP contribution >= 0.6 is 36.2 Å². The Bertz CT molecular complexity index is 621. The first-order valence-electron chi connectivity index (χ1n) is 7.29. The molecule has 7 heteroatoms. The summed E-state index contributed by atoms with van der Waals surface area (Å²) < 4.78 is 0. The lowest BCUT2D eigenvalue weighted by molar-refractivity contribution is 0.0924. The molecule has 1 aliphatic heterocycles. The number of carbonyl (C=O) groups excluding carboxylic acids is 1. The van der Waals surface area contributed by atoms with Crippen LogP contribution in [0.2, 0.25) is 0 Å². The Morgan fingerprint density at radius 1 is 1.30 bits per heavy atom. The van der Waals surface area contributed by atoms with Crippen molar-refractivity contribution in [3.05, 3.63) is 41.4 Å². The van der Waals surface area contributed by atoms with Crippen molar-refractivity contribution in [2.75, 3.05) is 6.54 Å². The molecular weight excluding hydrogens is 353 g/mol. The fraction of sp³-hybridized carbons (Fsp3) is 0.375. The van der Waals surface area contributed by atoms with Crippen molar-refractivity contribution in [2.24, 2.45) is 0 Å². The number of halogens is 2. The lowest BCUT2D eigenvalue weighted by Crippen LogP contribution is -2.51. The van der Waals surface area contributed by atoms with Gasteiger partial charge in [-0.05, 0) is 26.3 Å². The second-order valence-electron chi connectivity index (χ2n) is 5.36. The number of amides is 1. The lowest BCUT2D eigenvalue weighted by Gasteiger charge is -2.30. The normalized spacial score (nSPS) is 20.0. The van der Waals surface area contributed by atoms with Crippen molar-refractivity contribution in [3.63, 3.8) is 0 Å². The molecule has 1 saturated heterocycles. The van der Waals surface area contributed by atoms with Crippen molar-refractivity contribution < 1.29 is 4.79 Å². The molecule has 0 spiro atoms. The number of carbonyl (C=O) groups is 1. The van der Waals surface area contributed by atoms with Crippen molar-refractivity contribution >= 4 is 42.1 Å². The predicted molar refractivity (Wildman–Crippen MR) is 100.0 cm³/mol. The maximum atomic E-state index is 12.3. The molecule has 23 heavy (non-hydrogen) atoms. The van der Waals surface area contributed by atoms with Crippen LogP contribution < -0.4 is 10.6 Å². The number of thiazole rings is 1. The first kappa shape index (κ1) is 19.9. The molecule has 1 amide bonds. The van der Waals surface area contributed by atoms with E-state index in [1.165, 1.54) is 11.3 Å². The van der Waals surface area contributed by atoms with Crippen molar-refractivity contribution in [3.8, 4) is 10.6 Å². The van der Waals surface area contributed by atoms with Gasteiger partial charge >= 0.3 is 0 Å². The molecule has 0 aliphatic carbocycles. The second-order valence-corrected chi connectivity index (χ2v) is 6.39. The molecular formula is C16H21Cl2N3OS. The summed E-state index contributed by atoms with van der Waals surface area (Å²) in [5.74, 6) is -0.0183. The van der Waals surface area contributed by atoms with Crippen LogP contribution in [0.15, 0.2) is 36.5 Å². The van der Waals surface area contributed by atoms with Gasteiger partial charge in [-0.3, -0.25) is 4.79 Å². The summed E-state index contributed by atoms with van der Waals surface area (Å²) in [5.41, 5.74) is 1.05. The molecule has 3 rings (SSSR count). The molecule has 0 radical (unpaired) electrons. The Labute approximate surface area is 152 Å². The molecule has 1 aromatic heterocycles. The molecule has 1 aromatic carbocycles.